The zero-order valence-corrected chi connectivity index (χ0v) is 28.4. The Balaban J connectivity index is 1.48. The van der Waals surface area contributed by atoms with E-state index in [4.69, 9.17) is 14.2 Å². The highest BCUT2D eigenvalue weighted by Crippen LogP contribution is 2.63. The third kappa shape index (κ3) is 5.27. The van der Waals surface area contributed by atoms with Gasteiger partial charge in [-0.3, -0.25) is 9.59 Å². The number of aliphatic hydroxyl groups is 5. The van der Waals surface area contributed by atoms with Gasteiger partial charge in [0.2, 0.25) is 5.91 Å². The molecule has 1 aromatic rings. The predicted octanol–water partition coefficient (Wildman–Crippen LogP) is 0.728. The molecule has 0 aromatic heterocycles. The SMILES string of the molecule is CC(=O)NC(C1CCC1)C(O)C(=O)OC1CC2(O)C(OC(=O)c3ccccc3)C3[C@]4(O)COC4CC(O)[C@@]3(C)C(=O)C(O)C(=C1C)C2(C)C. The maximum absolute atomic E-state index is 14.6. The minimum atomic E-state index is -2.24. The summed E-state index contributed by atoms with van der Waals surface area (Å²) in [6.45, 7) is 7.07. The van der Waals surface area contributed by atoms with Crippen LogP contribution in [0.3, 0.4) is 0 Å². The van der Waals surface area contributed by atoms with Gasteiger partial charge in [0.15, 0.2) is 11.9 Å². The van der Waals surface area contributed by atoms with Gasteiger partial charge < -0.3 is 45.1 Å². The molecule has 4 fully saturated rings. The molecule has 1 amide bonds. The summed E-state index contributed by atoms with van der Waals surface area (Å²) in [5, 5.41) is 62.5. The van der Waals surface area contributed by atoms with Crippen molar-refractivity contribution in [1.29, 1.82) is 0 Å². The molecule has 0 spiro atoms. The highest BCUT2D eigenvalue weighted by Gasteiger charge is 2.76. The van der Waals surface area contributed by atoms with Crippen molar-refractivity contribution in [2.75, 3.05) is 6.61 Å². The lowest BCUT2D eigenvalue weighted by atomic mass is 9.44. The number of rotatable bonds is 7. The van der Waals surface area contributed by atoms with Gasteiger partial charge >= 0.3 is 11.9 Å². The second kappa shape index (κ2) is 12.2. The molecule has 49 heavy (non-hydrogen) atoms. The molecule has 13 nitrogen and oxygen atoms in total. The number of carbonyl (C=O) groups excluding carboxylic acids is 4. The van der Waals surface area contributed by atoms with Crippen LogP contribution in [-0.4, -0.2) is 110 Å². The van der Waals surface area contributed by atoms with Crippen molar-refractivity contribution >= 4 is 23.6 Å². The fraction of sp³-hybridized carbons (Fsp3) is 0.667. The van der Waals surface area contributed by atoms with Crippen LogP contribution in [-0.2, 0) is 28.6 Å². The zero-order valence-electron chi connectivity index (χ0n) is 28.4. The number of fused-ring (bicyclic) bond motifs is 5. The van der Waals surface area contributed by atoms with Crippen molar-refractivity contribution in [3.8, 4) is 0 Å². The van der Waals surface area contributed by atoms with Crippen molar-refractivity contribution in [3.05, 3.63) is 47.0 Å². The molecule has 5 aliphatic rings. The third-order valence-corrected chi connectivity index (χ3v) is 12.5. The fourth-order valence-electron chi connectivity index (χ4n) is 9.22. The van der Waals surface area contributed by atoms with Gasteiger partial charge in [-0.25, -0.2) is 9.59 Å². The molecule has 1 heterocycles. The average molecular weight is 686 g/mol. The van der Waals surface area contributed by atoms with E-state index in [0.717, 1.165) is 6.42 Å². The van der Waals surface area contributed by atoms with E-state index in [1.165, 1.54) is 26.0 Å². The summed E-state index contributed by atoms with van der Waals surface area (Å²) in [6, 6.07) is 7.03. The number of aliphatic hydroxyl groups excluding tert-OH is 3. The molecule has 2 bridgehead atoms. The molecule has 0 radical (unpaired) electrons. The van der Waals surface area contributed by atoms with Gasteiger partial charge in [-0.2, -0.15) is 0 Å². The quantitative estimate of drug-likeness (QED) is 0.173. The van der Waals surface area contributed by atoms with Gasteiger partial charge in [0.05, 0.1) is 35.8 Å². The van der Waals surface area contributed by atoms with Crippen molar-refractivity contribution in [3.63, 3.8) is 0 Å². The average Bonchev–Trinajstić information content (AvgIpc) is 3.02. The van der Waals surface area contributed by atoms with Crippen molar-refractivity contribution in [1.82, 2.24) is 5.32 Å². The topological polar surface area (TPSA) is 209 Å². The maximum Gasteiger partial charge on any atom is 0.338 e. The van der Waals surface area contributed by atoms with Crippen molar-refractivity contribution < 1.29 is 58.9 Å². The van der Waals surface area contributed by atoms with Gasteiger partial charge in [-0.1, -0.05) is 38.5 Å². The minimum Gasteiger partial charge on any atom is -0.456 e. The van der Waals surface area contributed by atoms with Crippen molar-refractivity contribution in [2.24, 2.45) is 22.7 Å². The van der Waals surface area contributed by atoms with Gasteiger partial charge in [-0.05, 0) is 55.9 Å². The van der Waals surface area contributed by atoms with E-state index in [1.807, 2.05) is 0 Å². The molecule has 1 saturated heterocycles. The molecule has 6 N–H and O–H groups in total. The molecular formula is C36H47NO12. The van der Waals surface area contributed by atoms with Crippen LogP contribution in [0, 0.1) is 22.7 Å². The van der Waals surface area contributed by atoms with Crippen LogP contribution in [0.1, 0.15) is 77.1 Å². The lowest BCUT2D eigenvalue weighted by Crippen LogP contribution is -2.81. The zero-order chi connectivity index (χ0) is 35.8. The molecule has 268 valence electrons. The number of ether oxygens (including phenoxy) is 3. The summed E-state index contributed by atoms with van der Waals surface area (Å²) in [5.74, 6) is -4.89. The van der Waals surface area contributed by atoms with E-state index < -0.39 is 101 Å². The summed E-state index contributed by atoms with van der Waals surface area (Å²) in [6.07, 6.45) is -7.47. The predicted molar refractivity (Wildman–Crippen MR) is 170 cm³/mol. The van der Waals surface area contributed by atoms with Crippen LogP contribution in [0.15, 0.2) is 41.5 Å². The van der Waals surface area contributed by atoms with Gasteiger partial charge in [0.1, 0.15) is 29.5 Å². The number of esters is 2. The number of nitrogens with one attached hydrogen (secondary N) is 1. The monoisotopic (exact) mass is 685 g/mol. The van der Waals surface area contributed by atoms with Crippen LogP contribution < -0.4 is 5.32 Å². The standard InChI is InChI=1S/C36H47NO12/c1-17-21(48-32(44)27(41)25(37-18(2)38)19-12-9-13-19)15-36(46)30(49-31(43)20-10-7-6-8-11-20)28-34(5,22(39)14-23-35(28,45)16-47-23)29(42)26(40)24(17)33(36,3)4/h6-8,10-11,19,21-23,25-28,30,39-41,45-46H,9,12-16H2,1-5H3,(H,37,38)/t21?,22?,23?,25?,26?,27?,28?,30?,34-,35+,36?/m1/s1. The number of Topliss-reactive ketones (excluding diaryl/α,β-unsaturated/α-hetero) is 1. The Bertz CT molecular complexity index is 1560. The highest BCUT2D eigenvalue weighted by atomic mass is 16.6. The number of carbonyl (C=O) groups is 4. The maximum atomic E-state index is 14.6. The largest absolute Gasteiger partial charge is 0.456 e. The van der Waals surface area contributed by atoms with E-state index in [9.17, 15) is 44.7 Å². The number of hydrogen-bond acceptors (Lipinski definition) is 12. The molecule has 1 aliphatic heterocycles. The third-order valence-electron chi connectivity index (χ3n) is 12.5. The second-order valence-corrected chi connectivity index (χ2v) is 15.4. The van der Waals surface area contributed by atoms with E-state index in [2.05, 4.69) is 5.32 Å². The molecule has 9 unspecified atom stereocenters. The summed E-state index contributed by atoms with van der Waals surface area (Å²) in [7, 11) is 0. The van der Waals surface area contributed by atoms with Crippen LogP contribution in [0.25, 0.3) is 0 Å². The molecular weight excluding hydrogens is 638 g/mol. The lowest BCUT2D eigenvalue weighted by molar-refractivity contribution is -0.343. The normalized spacial score (nSPS) is 39.4. The lowest BCUT2D eigenvalue weighted by Gasteiger charge is -2.66. The molecule has 13 heteroatoms. The van der Waals surface area contributed by atoms with E-state index in [0.29, 0.717) is 12.8 Å². The first-order valence-corrected chi connectivity index (χ1v) is 17.0. The molecule has 6 rings (SSSR count). The summed E-state index contributed by atoms with van der Waals surface area (Å²) in [5.41, 5.74) is -7.21. The minimum absolute atomic E-state index is 0.00236. The Hall–Kier alpha value is -3.20. The Morgan fingerprint density at radius 1 is 1.04 bits per heavy atom. The smallest absolute Gasteiger partial charge is 0.338 e. The van der Waals surface area contributed by atoms with Crippen LogP contribution >= 0.6 is 0 Å². The van der Waals surface area contributed by atoms with Gasteiger partial charge in [0, 0.05) is 31.1 Å². The van der Waals surface area contributed by atoms with Gasteiger partial charge in [-0.15, -0.1) is 0 Å². The van der Waals surface area contributed by atoms with Crippen LogP contribution in [0.5, 0.6) is 0 Å². The number of hydrogen-bond donors (Lipinski definition) is 6. The number of ketones is 1. The fourth-order valence-corrected chi connectivity index (χ4v) is 9.22. The molecule has 1 aromatic carbocycles. The molecule has 11 atom stereocenters. The Morgan fingerprint density at radius 3 is 2.24 bits per heavy atom. The second-order valence-electron chi connectivity index (χ2n) is 15.4. The molecule has 3 saturated carbocycles. The molecule has 4 aliphatic carbocycles. The number of benzene rings is 1. The van der Waals surface area contributed by atoms with Crippen LogP contribution in [0.2, 0.25) is 0 Å². The summed E-state index contributed by atoms with van der Waals surface area (Å²) in [4.78, 5) is 53.9. The van der Waals surface area contributed by atoms with E-state index in [1.54, 1.807) is 39.0 Å². The first-order chi connectivity index (χ1) is 22.9. The van der Waals surface area contributed by atoms with Crippen molar-refractivity contribution in [2.45, 2.75) is 121 Å². The van der Waals surface area contributed by atoms with Gasteiger partial charge in [0.25, 0.3) is 0 Å². The summed E-state index contributed by atoms with van der Waals surface area (Å²) >= 11 is 0. The Labute approximate surface area is 284 Å². The van der Waals surface area contributed by atoms with E-state index >= 15 is 0 Å². The first-order valence-electron chi connectivity index (χ1n) is 17.0. The van der Waals surface area contributed by atoms with E-state index in [-0.39, 0.29) is 35.7 Å². The Kier molecular flexibility index (Phi) is 8.90. The highest BCUT2D eigenvalue weighted by molar-refractivity contribution is 5.94. The van der Waals surface area contributed by atoms with Crippen LogP contribution in [0.4, 0.5) is 0 Å². The Morgan fingerprint density at radius 2 is 1.69 bits per heavy atom. The number of amides is 1. The first kappa shape index (κ1) is 35.6. The summed E-state index contributed by atoms with van der Waals surface area (Å²) < 4.78 is 17.7.